The smallest absolute Gasteiger partial charge is 0.306 e. The fourth-order valence-electron chi connectivity index (χ4n) is 7.49. The molecule has 0 saturated heterocycles. The number of hydrogen-bond donors (Lipinski definition) is 0. The van der Waals surface area contributed by atoms with E-state index in [1.54, 1.807) is 0 Å². The molecule has 0 aliphatic carbocycles. The van der Waals surface area contributed by atoms with Gasteiger partial charge in [0.2, 0.25) is 0 Å². The molecule has 0 bridgehead atoms. The van der Waals surface area contributed by atoms with Crippen molar-refractivity contribution in [3.63, 3.8) is 0 Å². The van der Waals surface area contributed by atoms with Crippen LogP contribution in [0.25, 0.3) is 0 Å². The Kier molecular flexibility index (Phi) is 46.8. The first-order valence-electron chi connectivity index (χ1n) is 25.8. The summed E-state index contributed by atoms with van der Waals surface area (Å²) in [5, 5.41) is 0. The molecule has 0 fully saturated rings. The minimum atomic E-state index is -0.770. The first-order valence-corrected chi connectivity index (χ1v) is 25.8. The third-order valence-corrected chi connectivity index (χ3v) is 11.4. The van der Waals surface area contributed by atoms with Gasteiger partial charge in [-0.1, -0.05) is 212 Å². The van der Waals surface area contributed by atoms with Gasteiger partial charge in [0.1, 0.15) is 13.2 Å². The van der Waals surface area contributed by atoms with Crippen LogP contribution in [0.4, 0.5) is 0 Å². The average Bonchev–Trinajstić information content (AvgIpc) is 3.23. The van der Waals surface area contributed by atoms with Crippen molar-refractivity contribution in [1.29, 1.82) is 0 Å². The molecule has 0 N–H and O–H groups in total. The van der Waals surface area contributed by atoms with Crippen LogP contribution in [0.15, 0.2) is 24.3 Å². The molecule has 0 aliphatic rings. The van der Waals surface area contributed by atoms with Gasteiger partial charge in [-0.05, 0) is 70.6 Å². The molecule has 1 unspecified atom stereocenters. The fraction of sp³-hybridized carbons (Fsp3) is 0.868. The molecule has 0 radical (unpaired) electrons. The second-order valence-corrected chi connectivity index (χ2v) is 17.4. The van der Waals surface area contributed by atoms with Crippen molar-refractivity contribution in [2.24, 2.45) is 0 Å². The highest BCUT2D eigenvalue weighted by Gasteiger charge is 2.19. The van der Waals surface area contributed by atoms with Gasteiger partial charge >= 0.3 is 17.9 Å². The van der Waals surface area contributed by atoms with Crippen LogP contribution >= 0.6 is 0 Å². The predicted molar refractivity (Wildman–Crippen MR) is 252 cm³/mol. The van der Waals surface area contributed by atoms with E-state index in [2.05, 4.69) is 45.1 Å². The van der Waals surface area contributed by atoms with Crippen LogP contribution in [-0.4, -0.2) is 37.2 Å². The predicted octanol–water partition coefficient (Wildman–Crippen LogP) is 16.8. The van der Waals surface area contributed by atoms with Crippen LogP contribution in [-0.2, 0) is 28.6 Å². The summed E-state index contributed by atoms with van der Waals surface area (Å²) in [6.45, 7) is 6.62. The number of hydrogen-bond acceptors (Lipinski definition) is 6. The maximum atomic E-state index is 12.8. The van der Waals surface area contributed by atoms with Gasteiger partial charge in [0.25, 0.3) is 0 Å². The van der Waals surface area contributed by atoms with E-state index in [-0.39, 0.29) is 31.1 Å². The molecule has 0 aromatic heterocycles. The topological polar surface area (TPSA) is 78.9 Å². The third-order valence-electron chi connectivity index (χ3n) is 11.4. The zero-order valence-corrected chi connectivity index (χ0v) is 39.5. The lowest BCUT2D eigenvalue weighted by molar-refractivity contribution is -0.167. The summed E-state index contributed by atoms with van der Waals surface area (Å²) in [5.74, 6) is -0.873. The van der Waals surface area contributed by atoms with Crippen LogP contribution in [0.2, 0.25) is 0 Å². The highest BCUT2D eigenvalue weighted by Crippen LogP contribution is 2.15. The summed E-state index contributed by atoms with van der Waals surface area (Å²) >= 11 is 0. The van der Waals surface area contributed by atoms with E-state index in [0.29, 0.717) is 19.3 Å². The summed E-state index contributed by atoms with van der Waals surface area (Å²) in [5.41, 5.74) is 0. The summed E-state index contributed by atoms with van der Waals surface area (Å²) < 4.78 is 16.8. The van der Waals surface area contributed by atoms with Gasteiger partial charge in [0, 0.05) is 19.3 Å². The zero-order valence-electron chi connectivity index (χ0n) is 39.5. The lowest BCUT2D eigenvalue weighted by Crippen LogP contribution is -2.30. The summed E-state index contributed by atoms with van der Waals surface area (Å²) in [6, 6.07) is 0. The van der Waals surface area contributed by atoms with Crippen molar-refractivity contribution in [1.82, 2.24) is 0 Å². The van der Waals surface area contributed by atoms with Crippen molar-refractivity contribution >= 4 is 17.9 Å². The van der Waals surface area contributed by atoms with E-state index in [1.165, 1.54) is 173 Å². The van der Waals surface area contributed by atoms with Crippen LogP contribution < -0.4 is 0 Å². The Balaban J connectivity index is 4.35. The van der Waals surface area contributed by atoms with Gasteiger partial charge < -0.3 is 14.2 Å². The zero-order chi connectivity index (χ0) is 43.0. The largest absolute Gasteiger partial charge is 0.462 e. The number of ether oxygens (including phenoxy) is 3. The van der Waals surface area contributed by atoms with Crippen molar-refractivity contribution in [2.45, 2.75) is 284 Å². The van der Waals surface area contributed by atoms with Crippen molar-refractivity contribution in [2.75, 3.05) is 13.2 Å². The molecule has 0 aliphatic heterocycles. The van der Waals surface area contributed by atoms with Crippen LogP contribution in [0.5, 0.6) is 0 Å². The molecule has 59 heavy (non-hydrogen) atoms. The summed E-state index contributed by atoms with van der Waals surface area (Å²) in [7, 11) is 0. The second-order valence-electron chi connectivity index (χ2n) is 17.4. The Morgan fingerprint density at radius 2 is 0.559 bits per heavy atom. The number of unbranched alkanes of at least 4 members (excludes halogenated alkanes) is 32. The molecule has 0 amide bonds. The summed E-state index contributed by atoms with van der Waals surface area (Å²) in [6.07, 6.45) is 54.4. The fourth-order valence-corrected chi connectivity index (χ4v) is 7.49. The van der Waals surface area contributed by atoms with Crippen molar-refractivity contribution < 1.29 is 28.6 Å². The molecular formula is C53H98O6. The van der Waals surface area contributed by atoms with Gasteiger partial charge in [-0.15, -0.1) is 0 Å². The first-order chi connectivity index (χ1) is 29.0. The lowest BCUT2D eigenvalue weighted by Gasteiger charge is -2.18. The number of carbonyl (C=O) groups is 3. The average molecular weight is 831 g/mol. The Labute approximate surface area is 366 Å². The van der Waals surface area contributed by atoms with E-state index in [9.17, 15) is 14.4 Å². The Bertz CT molecular complexity index is 958. The van der Waals surface area contributed by atoms with Crippen molar-refractivity contribution in [3.8, 4) is 0 Å². The molecule has 0 aromatic carbocycles. The minimum Gasteiger partial charge on any atom is -0.462 e. The third kappa shape index (κ3) is 46.8. The maximum absolute atomic E-state index is 12.8. The Morgan fingerprint density at radius 3 is 0.864 bits per heavy atom. The Morgan fingerprint density at radius 1 is 0.322 bits per heavy atom. The molecular weight excluding hydrogens is 733 g/mol. The van der Waals surface area contributed by atoms with E-state index >= 15 is 0 Å². The quantitative estimate of drug-likeness (QED) is 0.0263. The molecule has 346 valence electrons. The van der Waals surface area contributed by atoms with Crippen LogP contribution in [0, 0.1) is 0 Å². The first kappa shape index (κ1) is 56.9. The van der Waals surface area contributed by atoms with Crippen LogP contribution in [0.1, 0.15) is 278 Å². The van der Waals surface area contributed by atoms with Gasteiger partial charge in [-0.3, -0.25) is 14.4 Å². The second kappa shape index (κ2) is 48.6. The monoisotopic (exact) mass is 831 g/mol. The molecule has 1 atom stereocenters. The van der Waals surface area contributed by atoms with E-state index in [4.69, 9.17) is 14.2 Å². The molecule has 6 nitrogen and oxygen atoms in total. The van der Waals surface area contributed by atoms with E-state index in [1.807, 2.05) is 0 Å². The van der Waals surface area contributed by atoms with E-state index < -0.39 is 6.10 Å². The van der Waals surface area contributed by atoms with E-state index in [0.717, 1.165) is 64.2 Å². The van der Waals surface area contributed by atoms with Gasteiger partial charge in [-0.25, -0.2) is 0 Å². The highest BCUT2D eigenvalue weighted by molar-refractivity contribution is 5.71. The summed E-state index contributed by atoms with van der Waals surface area (Å²) in [4.78, 5) is 37.9. The van der Waals surface area contributed by atoms with Gasteiger partial charge in [0.05, 0.1) is 0 Å². The molecule has 0 spiro atoms. The number of carbonyl (C=O) groups excluding carboxylic acids is 3. The minimum absolute atomic E-state index is 0.0726. The lowest BCUT2D eigenvalue weighted by atomic mass is 10.0. The SMILES string of the molecule is CCCCCCC=CCCCCCCCCCC(=O)OCC(COC(=O)CCCCCCCC=CCCCCCC)OC(=O)CCCCCCCCCCCCCCC. The normalized spacial score (nSPS) is 12.1. The highest BCUT2D eigenvalue weighted by atomic mass is 16.6. The van der Waals surface area contributed by atoms with Crippen LogP contribution in [0.3, 0.4) is 0 Å². The molecule has 6 heteroatoms. The molecule has 0 rings (SSSR count). The Hall–Kier alpha value is -2.11. The van der Waals surface area contributed by atoms with Crippen molar-refractivity contribution in [3.05, 3.63) is 24.3 Å². The van der Waals surface area contributed by atoms with Gasteiger partial charge in [-0.2, -0.15) is 0 Å². The number of allylic oxidation sites excluding steroid dienone is 4. The number of esters is 3. The molecule has 0 heterocycles. The molecule has 0 saturated carbocycles. The maximum Gasteiger partial charge on any atom is 0.306 e. The van der Waals surface area contributed by atoms with Gasteiger partial charge in [0.15, 0.2) is 6.10 Å². The standard InChI is InChI=1S/C53H98O6/c1-4-7-10-13-16-19-22-25-26-29-31-34-37-40-43-46-52(55)58-49-50(59-53(56)47-44-41-38-35-32-28-24-21-18-15-12-9-6-3)48-57-51(54)45-42-39-36-33-30-27-23-20-17-14-11-8-5-2/h19-20,22-23,50H,4-18,21,24-49H2,1-3H3. The number of rotatable bonds is 47. The molecule has 0 aromatic rings.